The Kier molecular flexibility index (Phi) is 5.99. The van der Waals surface area contributed by atoms with Crippen molar-refractivity contribution in [3.63, 3.8) is 0 Å². The number of hydrogen-bond donors (Lipinski definition) is 0. The highest BCUT2D eigenvalue weighted by Gasteiger charge is 2.31. The number of nitriles is 1. The highest BCUT2D eigenvalue weighted by Crippen LogP contribution is 2.29. The Hall–Kier alpha value is -2.73. The second-order valence-electron chi connectivity index (χ2n) is 7.72. The summed E-state index contributed by atoms with van der Waals surface area (Å²) in [6, 6.07) is 3.52. The van der Waals surface area contributed by atoms with Gasteiger partial charge in [0, 0.05) is 23.0 Å². The number of rotatable bonds is 6. The van der Waals surface area contributed by atoms with Gasteiger partial charge in [-0.05, 0) is 44.7 Å². The molecule has 8 nitrogen and oxygen atoms in total. The first-order valence-electron chi connectivity index (χ1n) is 10.1. The van der Waals surface area contributed by atoms with Crippen molar-refractivity contribution < 1.29 is 13.2 Å². The molecule has 1 unspecified atom stereocenters. The standard InChI is InChI=1S/C21H26N4O4S/c1-5-16-18(10-22)21(27)24(23-19(16)6-2)11-20(26)17-9-13(3)25(14(17)4)15-7-8-30(28,29)12-15/h9,15H,5-8,11-12H2,1-4H3. The maximum Gasteiger partial charge on any atom is 0.285 e. The Morgan fingerprint density at radius 2 is 2.00 bits per heavy atom. The largest absolute Gasteiger partial charge is 0.344 e. The number of carbonyl (C=O) groups excluding carboxylic acids is 1. The molecular weight excluding hydrogens is 404 g/mol. The lowest BCUT2D eigenvalue weighted by atomic mass is 10.0. The molecule has 1 aliphatic rings. The Balaban J connectivity index is 1.98. The van der Waals surface area contributed by atoms with Crippen LogP contribution in [-0.2, 0) is 29.2 Å². The van der Waals surface area contributed by atoms with E-state index < -0.39 is 15.4 Å². The van der Waals surface area contributed by atoms with Gasteiger partial charge in [0.05, 0.1) is 17.2 Å². The summed E-state index contributed by atoms with van der Waals surface area (Å²) >= 11 is 0. The molecule has 1 saturated heterocycles. The molecule has 3 heterocycles. The van der Waals surface area contributed by atoms with Gasteiger partial charge in [-0.25, -0.2) is 13.1 Å². The van der Waals surface area contributed by atoms with Crippen molar-refractivity contribution in [1.29, 1.82) is 5.26 Å². The van der Waals surface area contributed by atoms with Gasteiger partial charge in [0.1, 0.15) is 18.2 Å². The maximum atomic E-state index is 13.0. The van der Waals surface area contributed by atoms with Gasteiger partial charge in [0.15, 0.2) is 15.6 Å². The van der Waals surface area contributed by atoms with E-state index >= 15 is 0 Å². The summed E-state index contributed by atoms with van der Waals surface area (Å²) in [6.07, 6.45) is 1.60. The van der Waals surface area contributed by atoms with Crippen LogP contribution in [0.4, 0.5) is 0 Å². The van der Waals surface area contributed by atoms with Crippen LogP contribution in [0.3, 0.4) is 0 Å². The summed E-state index contributed by atoms with van der Waals surface area (Å²) < 4.78 is 26.7. The molecule has 0 N–H and O–H groups in total. The predicted octanol–water partition coefficient (Wildman–Crippen LogP) is 1.90. The molecule has 3 rings (SSSR count). The Bertz CT molecular complexity index is 1220. The molecule has 160 valence electrons. The lowest BCUT2D eigenvalue weighted by Gasteiger charge is -2.16. The third-order valence-electron chi connectivity index (χ3n) is 5.79. The average molecular weight is 431 g/mol. The SMILES string of the molecule is CCc1nn(CC(=O)c2cc(C)n(C3CCS(=O)(=O)C3)c2C)c(=O)c(C#N)c1CC. The van der Waals surface area contributed by atoms with E-state index in [4.69, 9.17) is 0 Å². The van der Waals surface area contributed by atoms with Crippen LogP contribution in [0.5, 0.6) is 0 Å². The van der Waals surface area contributed by atoms with E-state index in [1.807, 2.05) is 31.4 Å². The van der Waals surface area contributed by atoms with Gasteiger partial charge < -0.3 is 4.57 Å². The number of ketones is 1. The first kappa shape index (κ1) is 22.0. The quantitative estimate of drug-likeness (QED) is 0.647. The lowest BCUT2D eigenvalue weighted by molar-refractivity contribution is 0.0964. The van der Waals surface area contributed by atoms with Gasteiger partial charge in [-0.3, -0.25) is 9.59 Å². The molecule has 0 amide bonds. The smallest absolute Gasteiger partial charge is 0.285 e. The minimum Gasteiger partial charge on any atom is -0.344 e. The zero-order valence-corrected chi connectivity index (χ0v) is 18.5. The van der Waals surface area contributed by atoms with Gasteiger partial charge in [0.2, 0.25) is 0 Å². The number of carbonyl (C=O) groups is 1. The third-order valence-corrected chi connectivity index (χ3v) is 7.54. The minimum absolute atomic E-state index is 0.0405. The van der Waals surface area contributed by atoms with Crippen molar-refractivity contribution in [3.05, 3.63) is 50.2 Å². The topological polar surface area (TPSA) is 115 Å². The van der Waals surface area contributed by atoms with Gasteiger partial charge >= 0.3 is 0 Å². The van der Waals surface area contributed by atoms with E-state index in [0.717, 1.165) is 10.4 Å². The van der Waals surface area contributed by atoms with E-state index in [1.54, 1.807) is 13.0 Å². The van der Waals surface area contributed by atoms with Crippen LogP contribution in [-0.4, -0.2) is 40.1 Å². The fourth-order valence-electron chi connectivity index (χ4n) is 4.36. The van der Waals surface area contributed by atoms with E-state index in [9.17, 15) is 23.3 Å². The molecular formula is C21H26N4O4S. The number of aryl methyl sites for hydroxylation is 2. The average Bonchev–Trinajstić information content (AvgIpc) is 3.20. The van der Waals surface area contributed by atoms with Crippen molar-refractivity contribution in [2.24, 2.45) is 0 Å². The van der Waals surface area contributed by atoms with Gasteiger partial charge in [0.25, 0.3) is 5.56 Å². The number of nitrogens with zero attached hydrogens (tertiary/aromatic N) is 4. The highest BCUT2D eigenvalue weighted by molar-refractivity contribution is 7.91. The van der Waals surface area contributed by atoms with Crippen LogP contribution >= 0.6 is 0 Å². The number of aromatic nitrogens is 3. The predicted molar refractivity (Wildman–Crippen MR) is 113 cm³/mol. The molecule has 9 heteroatoms. The van der Waals surface area contributed by atoms with Crippen LogP contribution in [0.1, 0.15) is 64.9 Å². The second-order valence-corrected chi connectivity index (χ2v) is 9.95. The molecule has 1 aliphatic heterocycles. The summed E-state index contributed by atoms with van der Waals surface area (Å²) in [5.74, 6) is -0.0697. The number of hydrogen-bond acceptors (Lipinski definition) is 6. The first-order chi connectivity index (χ1) is 14.1. The molecule has 1 atom stereocenters. The van der Waals surface area contributed by atoms with Crippen molar-refractivity contribution in [1.82, 2.24) is 14.3 Å². The van der Waals surface area contributed by atoms with Gasteiger partial charge in [-0.2, -0.15) is 10.4 Å². The van der Waals surface area contributed by atoms with Crippen LogP contribution < -0.4 is 5.56 Å². The zero-order chi connectivity index (χ0) is 22.2. The fourth-order valence-corrected chi connectivity index (χ4v) is 6.06. The highest BCUT2D eigenvalue weighted by atomic mass is 32.2. The van der Waals surface area contributed by atoms with Crippen LogP contribution in [0, 0.1) is 25.2 Å². The second kappa shape index (κ2) is 8.19. The Morgan fingerprint density at radius 1 is 1.30 bits per heavy atom. The minimum atomic E-state index is -3.06. The normalized spacial score (nSPS) is 17.8. The summed E-state index contributed by atoms with van der Waals surface area (Å²) in [6.45, 7) is 7.13. The lowest BCUT2D eigenvalue weighted by Crippen LogP contribution is -2.31. The fraction of sp³-hybridized carbons (Fsp3) is 0.524. The maximum absolute atomic E-state index is 13.0. The van der Waals surface area contributed by atoms with Gasteiger partial charge in [-0.1, -0.05) is 13.8 Å². The van der Waals surface area contributed by atoms with E-state index in [1.165, 1.54) is 0 Å². The summed E-state index contributed by atoms with van der Waals surface area (Å²) in [4.78, 5) is 25.7. The molecule has 0 aliphatic carbocycles. The first-order valence-corrected chi connectivity index (χ1v) is 11.9. The molecule has 1 fully saturated rings. The molecule has 2 aromatic heterocycles. The molecule has 0 radical (unpaired) electrons. The van der Waals surface area contributed by atoms with E-state index in [2.05, 4.69) is 5.10 Å². The number of Topliss-reactive ketones (excluding diaryl/α,β-unsaturated/α-hetero) is 1. The third kappa shape index (κ3) is 3.84. The molecule has 2 aromatic rings. The zero-order valence-electron chi connectivity index (χ0n) is 17.7. The van der Waals surface area contributed by atoms with Crippen LogP contribution in [0.25, 0.3) is 0 Å². The summed E-state index contributed by atoms with van der Waals surface area (Å²) in [5, 5.41) is 13.8. The summed E-state index contributed by atoms with van der Waals surface area (Å²) in [7, 11) is -3.06. The van der Waals surface area contributed by atoms with E-state index in [0.29, 0.717) is 41.8 Å². The number of sulfone groups is 1. The van der Waals surface area contributed by atoms with Crippen molar-refractivity contribution in [2.75, 3.05) is 11.5 Å². The Labute approximate surface area is 176 Å². The van der Waals surface area contributed by atoms with Crippen LogP contribution in [0.2, 0.25) is 0 Å². The van der Waals surface area contributed by atoms with Crippen molar-refractivity contribution >= 4 is 15.6 Å². The summed E-state index contributed by atoms with van der Waals surface area (Å²) in [5.41, 5.74) is 2.70. The molecule has 0 saturated carbocycles. The molecule has 30 heavy (non-hydrogen) atoms. The monoisotopic (exact) mass is 430 g/mol. The van der Waals surface area contributed by atoms with E-state index in [-0.39, 0.29) is 35.4 Å². The van der Waals surface area contributed by atoms with Crippen molar-refractivity contribution in [3.8, 4) is 6.07 Å². The molecule has 0 aromatic carbocycles. The van der Waals surface area contributed by atoms with Crippen molar-refractivity contribution in [2.45, 2.75) is 59.5 Å². The Morgan fingerprint density at radius 3 is 2.53 bits per heavy atom. The van der Waals surface area contributed by atoms with Crippen LogP contribution in [0.15, 0.2) is 10.9 Å². The molecule has 0 spiro atoms. The van der Waals surface area contributed by atoms with Gasteiger partial charge in [-0.15, -0.1) is 0 Å². The molecule has 0 bridgehead atoms.